The van der Waals surface area contributed by atoms with Crippen LogP contribution in [0.3, 0.4) is 0 Å². The van der Waals surface area contributed by atoms with Crippen molar-refractivity contribution in [3.8, 4) is 0 Å². The van der Waals surface area contributed by atoms with E-state index in [1.807, 2.05) is 39.0 Å². The number of unbranched alkanes of at least 4 members (excludes halogenated alkanes) is 1. The van der Waals surface area contributed by atoms with Crippen LogP contribution in [0.15, 0.2) is 36.5 Å². The number of rotatable bonds is 9. The van der Waals surface area contributed by atoms with Crippen LogP contribution in [-0.2, 0) is 10.3 Å². The summed E-state index contributed by atoms with van der Waals surface area (Å²) in [6.45, 7) is 7.98. The molecule has 0 saturated heterocycles. The van der Waals surface area contributed by atoms with Crippen LogP contribution in [-0.4, -0.2) is 26.8 Å². The first-order valence-corrected chi connectivity index (χ1v) is 9.38. The average molecular weight is 371 g/mol. The molecule has 0 spiro atoms. The first-order chi connectivity index (χ1) is 12.8. The Bertz CT molecular complexity index is 772. The van der Waals surface area contributed by atoms with Crippen LogP contribution in [0.25, 0.3) is 0 Å². The fourth-order valence-corrected chi connectivity index (χ4v) is 2.87. The smallest absolute Gasteiger partial charge is 0.252 e. The number of nitrogens with zero attached hydrogens (tertiary/aromatic N) is 3. The van der Waals surface area contributed by atoms with Gasteiger partial charge in [0, 0.05) is 5.56 Å². The number of benzene rings is 1. The van der Waals surface area contributed by atoms with E-state index in [-0.39, 0.29) is 11.8 Å². The summed E-state index contributed by atoms with van der Waals surface area (Å²) >= 11 is 0. The Kier molecular flexibility index (Phi) is 6.71. The van der Waals surface area contributed by atoms with Crippen LogP contribution >= 0.6 is 0 Å². The molecule has 0 radical (unpaired) electrons. The molecule has 0 unspecified atom stereocenters. The lowest BCUT2D eigenvalue weighted by molar-refractivity contribution is -0.121. The van der Waals surface area contributed by atoms with E-state index in [9.17, 15) is 9.59 Å². The fraction of sp³-hybridized carbons (Fsp3) is 0.500. The first kappa shape index (κ1) is 20.6. The number of nitrogens with one attached hydrogen (secondary N) is 1. The van der Waals surface area contributed by atoms with Crippen molar-refractivity contribution in [1.29, 1.82) is 0 Å². The van der Waals surface area contributed by atoms with Crippen LogP contribution in [0.2, 0.25) is 0 Å². The second-order valence-electron chi connectivity index (χ2n) is 7.32. The number of carbonyl (C=O) groups excluding carboxylic acids is 2. The van der Waals surface area contributed by atoms with Crippen LogP contribution in [0.1, 0.15) is 69.1 Å². The molecule has 2 amide bonds. The highest BCUT2D eigenvalue weighted by Crippen LogP contribution is 2.29. The lowest BCUT2D eigenvalue weighted by Gasteiger charge is -2.33. The third-order valence-corrected chi connectivity index (χ3v) is 5.09. The number of hydrogen-bond donors (Lipinski definition) is 2. The lowest BCUT2D eigenvalue weighted by Crippen LogP contribution is -2.47. The predicted molar refractivity (Wildman–Crippen MR) is 104 cm³/mol. The molecule has 1 aromatic heterocycles. The molecule has 0 aliphatic rings. The number of carbonyl (C=O) groups is 2. The van der Waals surface area contributed by atoms with Gasteiger partial charge >= 0.3 is 0 Å². The van der Waals surface area contributed by atoms with Crippen LogP contribution < -0.4 is 11.1 Å². The fourth-order valence-electron chi connectivity index (χ4n) is 2.87. The number of amides is 2. The number of primary amides is 1. The van der Waals surface area contributed by atoms with Crippen molar-refractivity contribution < 1.29 is 9.59 Å². The van der Waals surface area contributed by atoms with Crippen molar-refractivity contribution in [2.24, 2.45) is 11.7 Å². The van der Waals surface area contributed by atoms with Crippen molar-refractivity contribution in [2.45, 2.75) is 58.5 Å². The average Bonchev–Trinajstić information content (AvgIpc) is 3.12. The minimum Gasteiger partial charge on any atom is -0.368 e. The summed E-state index contributed by atoms with van der Waals surface area (Å²) in [5.41, 5.74) is 5.99. The van der Waals surface area contributed by atoms with E-state index in [1.165, 1.54) is 4.68 Å². The Balaban J connectivity index is 2.29. The zero-order valence-corrected chi connectivity index (χ0v) is 16.5. The standard InChI is InChI=1S/C20H29N5O2/c1-5-6-12-16(18(21)26)25-13-17(23-24-25)20(4,14(2)3)22-19(27)15-10-8-7-9-11-15/h7-11,13-14,16H,5-6,12H2,1-4H3,(H2,21,26)(H,22,27)/t16-,20-/m0/s1. The van der Waals surface area contributed by atoms with Gasteiger partial charge < -0.3 is 11.1 Å². The molecule has 0 saturated carbocycles. The lowest BCUT2D eigenvalue weighted by atomic mass is 9.85. The van der Waals surface area contributed by atoms with Gasteiger partial charge in [0.1, 0.15) is 11.7 Å². The van der Waals surface area contributed by atoms with Gasteiger partial charge in [0.05, 0.1) is 11.7 Å². The molecule has 2 rings (SSSR count). The highest BCUT2D eigenvalue weighted by Gasteiger charge is 2.36. The number of aromatic nitrogens is 3. The Morgan fingerprint density at radius 1 is 1.26 bits per heavy atom. The van der Waals surface area contributed by atoms with Gasteiger partial charge in [0.25, 0.3) is 5.91 Å². The third-order valence-electron chi connectivity index (χ3n) is 5.09. The largest absolute Gasteiger partial charge is 0.368 e. The Labute approximate surface area is 160 Å². The summed E-state index contributed by atoms with van der Waals surface area (Å²) in [7, 11) is 0. The van der Waals surface area contributed by atoms with E-state index in [0.29, 0.717) is 17.7 Å². The van der Waals surface area contributed by atoms with Gasteiger partial charge in [-0.15, -0.1) is 5.10 Å². The van der Waals surface area contributed by atoms with Crippen molar-refractivity contribution >= 4 is 11.8 Å². The number of nitrogens with two attached hydrogens (primary N) is 1. The minimum atomic E-state index is -0.738. The molecule has 0 aliphatic carbocycles. The molecule has 27 heavy (non-hydrogen) atoms. The topological polar surface area (TPSA) is 103 Å². The minimum absolute atomic E-state index is 0.0537. The number of hydrogen-bond acceptors (Lipinski definition) is 4. The van der Waals surface area contributed by atoms with Crippen molar-refractivity contribution in [1.82, 2.24) is 20.3 Å². The molecule has 0 fully saturated rings. The van der Waals surface area contributed by atoms with E-state index in [0.717, 1.165) is 12.8 Å². The van der Waals surface area contributed by atoms with Gasteiger partial charge in [-0.25, -0.2) is 4.68 Å². The second kappa shape index (κ2) is 8.79. The van der Waals surface area contributed by atoms with Crippen molar-refractivity contribution in [2.75, 3.05) is 0 Å². The SMILES string of the molecule is CCCC[C@@H](C(N)=O)n1cc([C@@](C)(NC(=O)c2ccccc2)C(C)C)nn1. The molecule has 2 atom stereocenters. The summed E-state index contributed by atoms with van der Waals surface area (Å²) in [6.07, 6.45) is 4.16. The van der Waals surface area contributed by atoms with Gasteiger partial charge in [-0.2, -0.15) is 0 Å². The van der Waals surface area contributed by atoms with E-state index in [1.54, 1.807) is 18.3 Å². The monoisotopic (exact) mass is 371 g/mol. The Morgan fingerprint density at radius 3 is 2.48 bits per heavy atom. The molecular formula is C20H29N5O2. The van der Waals surface area contributed by atoms with E-state index >= 15 is 0 Å². The van der Waals surface area contributed by atoms with E-state index < -0.39 is 17.5 Å². The molecule has 0 bridgehead atoms. The molecule has 7 nitrogen and oxygen atoms in total. The van der Waals surface area contributed by atoms with Crippen LogP contribution in [0, 0.1) is 5.92 Å². The summed E-state index contributed by atoms with van der Waals surface area (Å²) < 4.78 is 1.52. The summed E-state index contributed by atoms with van der Waals surface area (Å²) in [4.78, 5) is 24.5. The predicted octanol–water partition coefficient (Wildman–Crippen LogP) is 2.80. The van der Waals surface area contributed by atoms with Crippen molar-refractivity contribution in [3.05, 3.63) is 47.8 Å². The Morgan fingerprint density at radius 2 is 1.93 bits per heavy atom. The molecule has 7 heteroatoms. The molecular weight excluding hydrogens is 342 g/mol. The first-order valence-electron chi connectivity index (χ1n) is 9.38. The normalized spacial score (nSPS) is 14.6. The van der Waals surface area contributed by atoms with E-state index in [2.05, 4.69) is 22.6 Å². The molecule has 1 heterocycles. The van der Waals surface area contributed by atoms with Gasteiger partial charge in [-0.3, -0.25) is 9.59 Å². The highest BCUT2D eigenvalue weighted by atomic mass is 16.2. The quantitative estimate of drug-likeness (QED) is 0.707. The zero-order valence-electron chi connectivity index (χ0n) is 16.5. The summed E-state index contributed by atoms with van der Waals surface area (Å²) in [6, 6.07) is 8.50. The van der Waals surface area contributed by atoms with Crippen LogP contribution in [0.4, 0.5) is 0 Å². The maximum absolute atomic E-state index is 12.7. The van der Waals surface area contributed by atoms with Gasteiger partial charge in [0.15, 0.2) is 0 Å². The third kappa shape index (κ3) is 4.72. The molecule has 2 aromatic rings. The summed E-state index contributed by atoms with van der Waals surface area (Å²) in [5, 5.41) is 11.5. The van der Waals surface area contributed by atoms with Gasteiger partial charge in [0.2, 0.25) is 5.91 Å². The molecule has 146 valence electrons. The maximum atomic E-state index is 12.7. The molecule has 3 N–H and O–H groups in total. The van der Waals surface area contributed by atoms with Crippen LogP contribution in [0.5, 0.6) is 0 Å². The zero-order chi connectivity index (χ0) is 20.0. The molecule has 1 aromatic carbocycles. The Hall–Kier alpha value is -2.70. The second-order valence-corrected chi connectivity index (χ2v) is 7.32. The summed E-state index contributed by atoms with van der Waals surface area (Å²) in [5.74, 6) is -0.559. The molecule has 0 aliphatic heterocycles. The highest BCUT2D eigenvalue weighted by molar-refractivity contribution is 5.94. The van der Waals surface area contributed by atoms with Gasteiger partial charge in [-0.1, -0.05) is 57.0 Å². The van der Waals surface area contributed by atoms with Gasteiger partial charge in [-0.05, 0) is 31.4 Å². The maximum Gasteiger partial charge on any atom is 0.252 e. The van der Waals surface area contributed by atoms with Crippen molar-refractivity contribution in [3.63, 3.8) is 0 Å². The van der Waals surface area contributed by atoms with E-state index in [4.69, 9.17) is 5.73 Å².